The highest BCUT2D eigenvalue weighted by Crippen LogP contribution is 2.39. The summed E-state index contributed by atoms with van der Waals surface area (Å²) < 4.78 is 10.3. The molecule has 0 aliphatic carbocycles. The maximum absolute atomic E-state index is 11.7. The molecule has 1 aliphatic heterocycles. The van der Waals surface area contributed by atoms with Gasteiger partial charge in [-0.1, -0.05) is 0 Å². The number of carbonyl (C=O) groups excluding carboxylic acids is 1. The molecule has 0 atom stereocenters. The predicted molar refractivity (Wildman–Crippen MR) is 58.4 cm³/mol. The first kappa shape index (κ1) is 10.6. The molecule has 4 N–H and O–H groups in total. The minimum atomic E-state index is -0.245. The minimum absolute atomic E-state index is 0.140. The zero-order valence-electron chi connectivity index (χ0n) is 8.87. The van der Waals surface area contributed by atoms with Crippen LogP contribution in [0.15, 0.2) is 12.1 Å². The van der Waals surface area contributed by atoms with Crippen molar-refractivity contribution in [3.05, 3.63) is 17.7 Å². The van der Waals surface area contributed by atoms with E-state index >= 15 is 0 Å². The van der Waals surface area contributed by atoms with Gasteiger partial charge in [0.05, 0.1) is 17.9 Å². The van der Waals surface area contributed by atoms with Gasteiger partial charge in [0.25, 0.3) is 5.91 Å². The van der Waals surface area contributed by atoms with E-state index in [1.165, 1.54) is 0 Å². The summed E-state index contributed by atoms with van der Waals surface area (Å²) in [5, 5.41) is 5.47. The summed E-state index contributed by atoms with van der Waals surface area (Å²) >= 11 is 0. The molecule has 0 bridgehead atoms. The van der Waals surface area contributed by atoms with Crippen molar-refractivity contribution in [2.24, 2.45) is 0 Å². The molecule has 2 rings (SSSR count). The molecule has 1 aliphatic rings. The lowest BCUT2D eigenvalue weighted by Crippen LogP contribution is -2.32. The molecule has 6 heteroatoms. The van der Waals surface area contributed by atoms with Crippen LogP contribution in [0.5, 0.6) is 11.5 Å². The van der Waals surface area contributed by atoms with Crippen molar-refractivity contribution in [2.45, 2.75) is 0 Å². The molecule has 6 nitrogen and oxygen atoms in total. The molecular formula is C10H13N3O3. The van der Waals surface area contributed by atoms with Crippen LogP contribution in [0, 0.1) is 0 Å². The second-order valence-corrected chi connectivity index (χ2v) is 3.30. The van der Waals surface area contributed by atoms with Crippen molar-refractivity contribution in [2.75, 3.05) is 26.2 Å². The Labute approximate surface area is 92.7 Å². The standard InChI is InChI=1S/C10H13N3O3/c1-12-4-13-10(14)6-2-3-7-9(8(6)11)16-5-15-7/h2-3,12H,4-5,11H2,1H3,(H,13,14). The molecule has 0 saturated heterocycles. The number of benzene rings is 1. The zero-order valence-corrected chi connectivity index (χ0v) is 8.87. The van der Waals surface area contributed by atoms with Crippen LogP contribution in [-0.4, -0.2) is 26.4 Å². The second kappa shape index (κ2) is 4.28. The van der Waals surface area contributed by atoms with Crippen LogP contribution in [0.3, 0.4) is 0 Å². The summed E-state index contributed by atoms with van der Waals surface area (Å²) in [7, 11) is 1.74. The zero-order chi connectivity index (χ0) is 11.5. The third-order valence-electron chi connectivity index (χ3n) is 2.25. The molecule has 1 aromatic carbocycles. The Morgan fingerprint density at radius 1 is 1.50 bits per heavy atom. The van der Waals surface area contributed by atoms with E-state index in [0.717, 1.165) is 0 Å². The van der Waals surface area contributed by atoms with Gasteiger partial charge in [-0.15, -0.1) is 0 Å². The first-order valence-electron chi connectivity index (χ1n) is 4.85. The van der Waals surface area contributed by atoms with E-state index in [2.05, 4.69) is 10.6 Å². The lowest BCUT2D eigenvalue weighted by Gasteiger charge is -2.08. The molecule has 0 fully saturated rings. The van der Waals surface area contributed by atoms with Gasteiger partial charge in [0.1, 0.15) is 0 Å². The molecule has 86 valence electrons. The van der Waals surface area contributed by atoms with Crippen LogP contribution in [0.4, 0.5) is 5.69 Å². The summed E-state index contributed by atoms with van der Waals surface area (Å²) in [5.41, 5.74) is 6.52. The third kappa shape index (κ3) is 1.74. The lowest BCUT2D eigenvalue weighted by molar-refractivity contribution is 0.0952. The fourth-order valence-electron chi connectivity index (χ4n) is 1.46. The fourth-order valence-corrected chi connectivity index (χ4v) is 1.46. The molecule has 1 amide bonds. The van der Waals surface area contributed by atoms with Crippen LogP contribution >= 0.6 is 0 Å². The third-order valence-corrected chi connectivity index (χ3v) is 2.25. The van der Waals surface area contributed by atoms with Crippen molar-refractivity contribution in [1.82, 2.24) is 10.6 Å². The Hall–Kier alpha value is -1.95. The number of carbonyl (C=O) groups is 1. The van der Waals surface area contributed by atoms with E-state index in [1.54, 1.807) is 19.2 Å². The van der Waals surface area contributed by atoms with E-state index in [0.29, 0.717) is 29.4 Å². The minimum Gasteiger partial charge on any atom is -0.454 e. The number of fused-ring (bicyclic) bond motifs is 1. The van der Waals surface area contributed by atoms with Crippen molar-refractivity contribution < 1.29 is 14.3 Å². The number of amides is 1. The average Bonchev–Trinajstić information content (AvgIpc) is 2.75. The summed E-state index contributed by atoms with van der Waals surface area (Å²) in [6.45, 7) is 0.522. The SMILES string of the molecule is CNCNC(=O)c1ccc2c(c1N)OCO2. The van der Waals surface area contributed by atoms with Gasteiger partial charge in [-0.3, -0.25) is 4.79 Å². The van der Waals surface area contributed by atoms with Gasteiger partial charge in [0, 0.05) is 0 Å². The van der Waals surface area contributed by atoms with Crippen LogP contribution in [0.1, 0.15) is 10.4 Å². The summed E-state index contributed by atoms with van der Waals surface area (Å²) in [6.07, 6.45) is 0. The topological polar surface area (TPSA) is 85.6 Å². The van der Waals surface area contributed by atoms with Gasteiger partial charge >= 0.3 is 0 Å². The number of ether oxygens (including phenoxy) is 2. The Morgan fingerprint density at radius 2 is 2.31 bits per heavy atom. The number of nitrogens with two attached hydrogens (primary N) is 1. The van der Waals surface area contributed by atoms with Gasteiger partial charge in [-0.05, 0) is 19.2 Å². The summed E-state index contributed by atoms with van der Waals surface area (Å²) in [6, 6.07) is 3.29. The molecular weight excluding hydrogens is 210 g/mol. The number of nitrogen functional groups attached to an aromatic ring is 1. The maximum atomic E-state index is 11.7. The van der Waals surface area contributed by atoms with Gasteiger partial charge in [0.15, 0.2) is 11.5 Å². The largest absolute Gasteiger partial charge is 0.454 e. The molecule has 0 saturated carbocycles. The van der Waals surface area contributed by atoms with E-state index in [9.17, 15) is 4.79 Å². The Bertz CT molecular complexity index is 420. The first-order valence-corrected chi connectivity index (χ1v) is 4.85. The van der Waals surface area contributed by atoms with Gasteiger partial charge < -0.3 is 25.8 Å². The number of rotatable bonds is 3. The van der Waals surface area contributed by atoms with Gasteiger partial charge in [-0.25, -0.2) is 0 Å². The number of hydrogen-bond donors (Lipinski definition) is 3. The van der Waals surface area contributed by atoms with E-state index in [-0.39, 0.29) is 12.7 Å². The molecule has 1 aromatic rings. The molecule has 0 radical (unpaired) electrons. The van der Waals surface area contributed by atoms with Crippen LogP contribution in [-0.2, 0) is 0 Å². The quantitative estimate of drug-likeness (QED) is 0.492. The average molecular weight is 223 g/mol. The smallest absolute Gasteiger partial charge is 0.254 e. The van der Waals surface area contributed by atoms with Crippen molar-refractivity contribution in [3.8, 4) is 11.5 Å². The Balaban J connectivity index is 2.25. The molecule has 1 heterocycles. The van der Waals surface area contributed by atoms with Crippen LogP contribution in [0.2, 0.25) is 0 Å². The highest BCUT2D eigenvalue weighted by atomic mass is 16.7. The number of nitrogens with one attached hydrogen (secondary N) is 2. The second-order valence-electron chi connectivity index (χ2n) is 3.30. The highest BCUT2D eigenvalue weighted by Gasteiger charge is 2.21. The number of anilines is 1. The maximum Gasteiger partial charge on any atom is 0.254 e. The normalized spacial score (nSPS) is 12.6. The van der Waals surface area contributed by atoms with Gasteiger partial charge in [-0.2, -0.15) is 0 Å². The van der Waals surface area contributed by atoms with E-state index < -0.39 is 0 Å². The monoisotopic (exact) mass is 223 g/mol. The first-order chi connectivity index (χ1) is 7.74. The predicted octanol–water partition coefficient (Wildman–Crippen LogP) is -0.0958. The summed E-state index contributed by atoms with van der Waals surface area (Å²) in [5.74, 6) is 0.768. The number of hydrogen-bond acceptors (Lipinski definition) is 5. The van der Waals surface area contributed by atoms with Crippen molar-refractivity contribution in [1.29, 1.82) is 0 Å². The highest BCUT2D eigenvalue weighted by molar-refractivity contribution is 6.01. The van der Waals surface area contributed by atoms with E-state index in [4.69, 9.17) is 15.2 Å². The molecule has 16 heavy (non-hydrogen) atoms. The molecule has 0 aromatic heterocycles. The lowest BCUT2D eigenvalue weighted by atomic mass is 10.1. The Morgan fingerprint density at radius 3 is 3.06 bits per heavy atom. The van der Waals surface area contributed by atoms with Crippen molar-refractivity contribution in [3.63, 3.8) is 0 Å². The van der Waals surface area contributed by atoms with Crippen LogP contribution in [0.25, 0.3) is 0 Å². The van der Waals surface area contributed by atoms with E-state index in [1.807, 2.05) is 0 Å². The molecule has 0 spiro atoms. The molecule has 0 unspecified atom stereocenters. The summed E-state index contributed by atoms with van der Waals surface area (Å²) in [4.78, 5) is 11.7. The fraction of sp³-hybridized carbons (Fsp3) is 0.300. The Kier molecular flexibility index (Phi) is 2.82. The van der Waals surface area contributed by atoms with Gasteiger partial charge in [0.2, 0.25) is 6.79 Å². The van der Waals surface area contributed by atoms with Crippen molar-refractivity contribution >= 4 is 11.6 Å². The van der Waals surface area contributed by atoms with Crippen LogP contribution < -0.4 is 25.8 Å².